The first-order valence-corrected chi connectivity index (χ1v) is 5.26. The maximum Gasteiger partial charge on any atom is 0.127 e. The van der Waals surface area contributed by atoms with Crippen LogP contribution < -0.4 is 5.73 Å². The molecule has 1 nitrogen and oxygen atoms in total. The van der Waals surface area contributed by atoms with Gasteiger partial charge in [0.05, 0.1) is 0 Å². The summed E-state index contributed by atoms with van der Waals surface area (Å²) in [4.78, 5) is 0. The maximum absolute atomic E-state index is 13.3. The lowest BCUT2D eigenvalue weighted by molar-refractivity contribution is 0.611. The summed E-state index contributed by atoms with van der Waals surface area (Å²) in [6.07, 6.45) is 0. The van der Waals surface area contributed by atoms with E-state index in [-0.39, 0.29) is 12.4 Å². The van der Waals surface area contributed by atoms with Crippen LogP contribution >= 0.6 is 0 Å². The van der Waals surface area contributed by atoms with Gasteiger partial charge in [0.1, 0.15) is 5.82 Å². The third kappa shape index (κ3) is 2.12. The molecule has 0 fully saturated rings. The second-order valence-electron chi connectivity index (χ2n) is 3.88. The molecule has 2 aromatic rings. The number of aryl methyl sites for hydroxylation is 1. The van der Waals surface area contributed by atoms with E-state index in [4.69, 9.17) is 5.73 Å². The van der Waals surface area contributed by atoms with Gasteiger partial charge < -0.3 is 5.73 Å². The van der Waals surface area contributed by atoms with E-state index in [1.54, 1.807) is 6.07 Å². The summed E-state index contributed by atoms with van der Waals surface area (Å²) in [5, 5.41) is 0. The Labute approximate surface area is 94.7 Å². The van der Waals surface area contributed by atoms with Crippen LogP contribution in [0.4, 0.5) is 4.39 Å². The molecule has 82 valence electrons. The summed E-state index contributed by atoms with van der Waals surface area (Å²) < 4.78 is 13.3. The van der Waals surface area contributed by atoms with Gasteiger partial charge in [0.25, 0.3) is 0 Å². The van der Waals surface area contributed by atoms with E-state index in [1.165, 1.54) is 11.6 Å². The molecule has 0 spiro atoms. The summed E-state index contributed by atoms with van der Waals surface area (Å²) in [7, 11) is 0. The van der Waals surface area contributed by atoms with Crippen molar-refractivity contribution in [2.75, 3.05) is 0 Å². The summed E-state index contributed by atoms with van der Waals surface area (Å²) in [6, 6.07) is 13.2. The van der Waals surface area contributed by atoms with Crippen LogP contribution in [0.2, 0.25) is 0 Å². The summed E-state index contributed by atoms with van der Waals surface area (Å²) in [5.41, 5.74) is 9.33. The third-order valence-electron chi connectivity index (χ3n) is 2.62. The molecule has 0 aliphatic rings. The molecule has 0 amide bonds. The predicted molar refractivity (Wildman–Crippen MR) is 64.5 cm³/mol. The van der Waals surface area contributed by atoms with Crippen LogP contribution in [0.25, 0.3) is 11.1 Å². The molecule has 2 aromatic carbocycles. The zero-order chi connectivity index (χ0) is 11.5. The quantitative estimate of drug-likeness (QED) is 0.817. The lowest BCUT2D eigenvalue weighted by Gasteiger charge is -2.06. The molecular formula is C14H14FN. The molecule has 2 heteroatoms. The number of hydrogen-bond donors (Lipinski definition) is 1. The van der Waals surface area contributed by atoms with Crippen LogP contribution in [-0.2, 0) is 6.54 Å². The molecule has 0 aliphatic carbocycles. The van der Waals surface area contributed by atoms with E-state index in [0.717, 1.165) is 11.1 Å². The van der Waals surface area contributed by atoms with E-state index >= 15 is 0 Å². The zero-order valence-electron chi connectivity index (χ0n) is 9.20. The van der Waals surface area contributed by atoms with Crippen molar-refractivity contribution in [3.63, 3.8) is 0 Å². The molecule has 0 saturated carbocycles. The normalized spacial score (nSPS) is 10.4. The van der Waals surface area contributed by atoms with E-state index in [9.17, 15) is 4.39 Å². The van der Waals surface area contributed by atoms with Crippen molar-refractivity contribution in [2.24, 2.45) is 5.73 Å². The molecule has 0 radical (unpaired) electrons. The van der Waals surface area contributed by atoms with Gasteiger partial charge in [-0.25, -0.2) is 4.39 Å². The van der Waals surface area contributed by atoms with E-state index in [0.29, 0.717) is 5.56 Å². The van der Waals surface area contributed by atoms with E-state index in [2.05, 4.69) is 6.07 Å². The SMILES string of the molecule is Cc1cccc(-c2ccc(F)c(CN)c2)c1. The number of hydrogen-bond acceptors (Lipinski definition) is 1. The van der Waals surface area contributed by atoms with Crippen molar-refractivity contribution in [3.8, 4) is 11.1 Å². The van der Waals surface area contributed by atoms with Crippen molar-refractivity contribution in [1.82, 2.24) is 0 Å². The van der Waals surface area contributed by atoms with Crippen LogP contribution in [0.1, 0.15) is 11.1 Å². The zero-order valence-corrected chi connectivity index (χ0v) is 9.20. The molecule has 2 N–H and O–H groups in total. The van der Waals surface area contributed by atoms with E-state index in [1.807, 2.05) is 31.2 Å². The van der Waals surface area contributed by atoms with Crippen LogP contribution in [0, 0.1) is 12.7 Å². The average molecular weight is 215 g/mol. The first-order chi connectivity index (χ1) is 7.70. The molecule has 0 saturated heterocycles. The number of nitrogens with two attached hydrogens (primary N) is 1. The molecule has 0 unspecified atom stereocenters. The summed E-state index contributed by atoms with van der Waals surface area (Å²) in [5.74, 6) is -0.237. The fraction of sp³-hybridized carbons (Fsp3) is 0.143. The Morgan fingerprint density at radius 3 is 2.50 bits per heavy atom. The molecule has 0 aliphatic heterocycles. The molecule has 0 heterocycles. The first kappa shape index (κ1) is 10.8. The lowest BCUT2D eigenvalue weighted by Crippen LogP contribution is -1.99. The van der Waals surface area contributed by atoms with Crippen LogP contribution in [-0.4, -0.2) is 0 Å². The Morgan fingerprint density at radius 1 is 1.06 bits per heavy atom. The highest BCUT2D eigenvalue weighted by Gasteiger charge is 2.03. The van der Waals surface area contributed by atoms with Crippen molar-refractivity contribution >= 4 is 0 Å². The highest BCUT2D eigenvalue weighted by Crippen LogP contribution is 2.22. The van der Waals surface area contributed by atoms with Crippen LogP contribution in [0.5, 0.6) is 0 Å². The third-order valence-corrected chi connectivity index (χ3v) is 2.62. The number of benzene rings is 2. The molecule has 2 rings (SSSR count). The fourth-order valence-corrected chi connectivity index (χ4v) is 1.74. The van der Waals surface area contributed by atoms with Gasteiger partial charge in [-0.1, -0.05) is 35.9 Å². The van der Waals surface area contributed by atoms with Gasteiger partial charge in [0.2, 0.25) is 0 Å². The highest BCUT2D eigenvalue weighted by atomic mass is 19.1. The van der Waals surface area contributed by atoms with Crippen LogP contribution in [0.3, 0.4) is 0 Å². The van der Waals surface area contributed by atoms with Gasteiger partial charge in [0, 0.05) is 12.1 Å². The Bertz CT molecular complexity index is 506. The van der Waals surface area contributed by atoms with Gasteiger partial charge in [0.15, 0.2) is 0 Å². The van der Waals surface area contributed by atoms with Gasteiger partial charge in [-0.15, -0.1) is 0 Å². The smallest absolute Gasteiger partial charge is 0.127 e. The Hall–Kier alpha value is -1.67. The maximum atomic E-state index is 13.3. The largest absolute Gasteiger partial charge is 0.326 e. The van der Waals surface area contributed by atoms with E-state index < -0.39 is 0 Å². The summed E-state index contributed by atoms with van der Waals surface area (Å²) in [6.45, 7) is 2.27. The van der Waals surface area contributed by atoms with Crippen molar-refractivity contribution in [3.05, 3.63) is 59.4 Å². The number of halogens is 1. The molecule has 0 atom stereocenters. The first-order valence-electron chi connectivity index (χ1n) is 5.26. The minimum Gasteiger partial charge on any atom is -0.326 e. The molecular weight excluding hydrogens is 201 g/mol. The van der Waals surface area contributed by atoms with Gasteiger partial charge in [-0.2, -0.15) is 0 Å². The highest BCUT2D eigenvalue weighted by molar-refractivity contribution is 5.64. The second kappa shape index (κ2) is 4.45. The monoisotopic (exact) mass is 215 g/mol. The van der Waals surface area contributed by atoms with Gasteiger partial charge in [-0.3, -0.25) is 0 Å². The van der Waals surface area contributed by atoms with Crippen molar-refractivity contribution in [2.45, 2.75) is 13.5 Å². The fourth-order valence-electron chi connectivity index (χ4n) is 1.74. The second-order valence-corrected chi connectivity index (χ2v) is 3.88. The van der Waals surface area contributed by atoms with Crippen molar-refractivity contribution in [1.29, 1.82) is 0 Å². The topological polar surface area (TPSA) is 26.0 Å². The standard InChI is InChI=1S/C14H14FN/c1-10-3-2-4-11(7-10)12-5-6-14(15)13(8-12)9-16/h2-8H,9,16H2,1H3. The summed E-state index contributed by atoms with van der Waals surface area (Å²) >= 11 is 0. The Balaban J connectivity index is 2.48. The van der Waals surface area contributed by atoms with Crippen molar-refractivity contribution < 1.29 is 4.39 Å². The Morgan fingerprint density at radius 2 is 1.81 bits per heavy atom. The molecule has 0 bridgehead atoms. The van der Waals surface area contributed by atoms with Gasteiger partial charge in [-0.05, 0) is 30.2 Å². The Kier molecular flexibility index (Phi) is 3.02. The lowest BCUT2D eigenvalue weighted by atomic mass is 10.0. The average Bonchev–Trinajstić information content (AvgIpc) is 2.29. The molecule has 0 aromatic heterocycles. The van der Waals surface area contributed by atoms with Crippen LogP contribution in [0.15, 0.2) is 42.5 Å². The number of rotatable bonds is 2. The van der Waals surface area contributed by atoms with Gasteiger partial charge >= 0.3 is 0 Å². The minimum absolute atomic E-state index is 0.228. The predicted octanol–water partition coefficient (Wildman–Crippen LogP) is 3.26. The molecule has 16 heavy (non-hydrogen) atoms. The minimum atomic E-state index is -0.237.